The van der Waals surface area contributed by atoms with Crippen LogP contribution in [0.4, 0.5) is 34.1 Å². The molecule has 0 bridgehead atoms. The normalized spacial score (nSPS) is 17.8. The van der Waals surface area contributed by atoms with Crippen molar-refractivity contribution in [2.45, 2.75) is 101 Å². The first-order chi connectivity index (χ1) is 58.5. The lowest BCUT2D eigenvalue weighted by molar-refractivity contribution is 0.502. The molecule has 2 nitrogen and oxygen atoms in total. The maximum absolute atomic E-state index is 2.68. The summed E-state index contributed by atoms with van der Waals surface area (Å²) >= 11 is 0. The molecular formula is C118H90N2. The number of anilines is 6. The van der Waals surface area contributed by atoms with Crippen molar-refractivity contribution in [1.82, 2.24) is 0 Å². The molecule has 2 heteroatoms. The Morgan fingerprint density at radius 1 is 0.225 bits per heavy atom. The Morgan fingerprint density at radius 2 is 0.592 bits per heavy atom. The van der Waals surface area contributed by atoms with Gasteiger partial charge in [0.25, 0.3) is 0 Å². The van der Waals surface area contributed by atoms with E-state index in [-0.39, 0.29) is 21.7 Å². The summed E-state index contributed by atoms with van der Waals surface area (Å²) in [6.45, 7) is 19.3. The molecule has 3 atom stereocenters. The molecule has 2 spiro atoms. The SMILES string of the molecule is CC(C)(C)c1ccc2c(c1)C1(c3ccccc3-c3ccc(N(c4ccc5c(c4)C(C)(C)c4ccccc4-5)c4ccccc4-c4ccccc4)cc31)c1cc(C3(C)Cc4ccc(-c5ccc(N(c6ccc7c(c6)C(C)(C)c6ccccc6-7)c6ccc7c(c6)C6(c8ccccc8-7)c7ccccc7-c7c(-c8ccccc8)cccc76)cc5)cc4C3)ccc1-2. The Balaban J connectivity index is 0.618. The van der Waals surface area contributed by atoms with Gasteiger partial charge in [0.2, 0.25) is 0 Å². The van der Waals surface area contributed by atoms with Crippen molar-refractivity contribution in [1.29, 1.82) is 0 Å². The minimum atomic E-state index is -0.633. The Morgan fingerprint density at radius 3 is 1.14 bits per heavy atom. The second-order valence-electron chi connectivity index (χ2n) is 37.3. The van der Waals surface area contributed by atoms with Crippen molar-refractivity contribution in [3.8, 4) is 100 Å². The summed E-state index contributed by atoms with van der Waals surface area (Å²) in [6, 6.07) is 145. The third-order valence-corrected chi connectivity index (χ3v) is 29.1. The van der Waals surface area contributed by atoms with Gasteiger partial charge >= 0.3 is 0 Å². The molecule has 17 aromatic rings. The molecule has 0 aliphatic heterocycles. The van der Waals surface area contributed by atoms with E-state index in [9.17, 15) is 0 Å². The lowest BCUT2D eigenvalue weighted by Gasteiger charge is -2.34. The van der Waals surface area contributed by atoms with Crippen LogP contribution in [0, 0.1) is 0 Å². The summed E-state index contributed by atoms with van der Waals surface area (Å²) < 4.78 is 0. The van der Waals surface area contributed by atoms with Crippen LogP contribution in [0.3, 0.4) is 0 Å². The number of para-hydroxylation sites is 1. The standard InChI is InChI=1S/C118H90N2/c1-113(2,3)79-50-58-94-95-59-51-80(66-108(95)118(107(94)65-79)102-42-24-18-36-91(102)97-63-57-85(70-110(97)118)120(111-45-26-20-32-86(111)74-28-11-9-12-29-74)84-56-61-93-89-34-16-22-40-100(89)115(6,7)106(93)68-84)116(8)71-77-47-46-76(64-78(77)72-116)73-48-52-81(53-49-73)119(82-54-60-92-88-33-15-21-39-99(88)114(4,5)105(92)67-82)83-55-62-96-90-35-17-23-41-101(90)117(109(96)69-83)103-43-25-19-37-98(103)112-87(38-27-44-104(112)117)75-30-13-10-14-31-75/h9-70H,71-72H2,1-8H3. The smallest absolute Gasteiger partial charge is 0.0726 e. The fourth-order valence-corrected chi connectivity index (χ4v) is 23.4. The fraction of sp³-hybridized carbons (Fsp3) is 0.136. The van der Waals surface area contributed by atoms with Gasteiger partial charge < -0.3 is 9.80 Å². The molecular weight excluding hydrogens is 1450 g/mol. The monoisotopic (exact) mass is 1530 g/mol. The third-order valence-electron chi connectivity index (χ3n) is 29.1. The molecule has 120 heavy (non-hydrogen) atoms. The predicted molar refractivity (Wildman–Crippen MR) is 500 cm³/mol. The molecule has 0 heterocycles. The highest BCUT2D eigenvalue weighted by Crippen LogP contribution is 2.68. The van der Waals surface area contributed by atoms with E-state index in [0.29, 0.717) is 0 Å². The Bertz CT molecular complexity index is 7230. The summed E-state index contributed by atoms with van der Waals surface area (Å²) in [5.74, 6) is 0. The van der Waals surface area contributed by atoms with Crippen LogP contribution >= 0.6 is 0 Å². The number of hydrogen-bond donors (Lipinski definition) is 0. The van der Waals surface area contributed by atoms with E-state index in [1.165, 1.54) is 189 Å². The molecule has 0 radical (unpaired) electrons. The maximum atomic E-state index is 2.68. The Hall–Kier alpha value is -13.7. The number of rotatable bonds is 10. The van der Waals surface area contributed by atoms with Crippen molar-refractivity contribution in [2.75, 3.05) is 9.80 Å². The molecule has 24 rings (SSSR count). The molecule has 572 valence electrons. The van der Waals surface area contributed by atoms with E-state index >= 15 is 0 Å². The van der Waals surface area contributed by atoms with Crippen LogP contribution in [0.1, 0.15) is 144 Å². The van der Waals surface area contributed by atoms with Gasteiger partial charge in [-0.05, 0) is 269 Å². The summed E-state index contributed by atoms with van der Waals surface area (Å²) in [4.78, 5) is 5.11. The second kappa shape index (κ2) is 25.4. The van der Waals surface area contributed by atoms with Crippen LogP contribution in [0.5, 0.6) is 0 Å². The Kier molecular flexibility index (Phi) is 15.0. The molecule has 7 aliphatic rings. The number of nitrogens with zero attached hydrogens (tertiary/aromatic N) is 2. The van der Waals surface area contributed by atoms with Gasteiger partial charge in [0.05, 0.1) is 16.5 Å². The van der Waals surface area contributed by atoms with Gasteiger partial charge in [0.15, 0.2) is 0 Å². The lowest BCUT2D eigenvalue weighted by atomic mass is 9.68. The quantitative estimate of drug-likeness (QED) is 0.135. The predicted octanol–water partition coefficient (Wildman–Crippen LogP) is 30.3. The van der Waals surface area contributed by atoms with Crippen molar-refractivity contribution in [3.05, 3.63) is 465 Å². The van der Waals surface area contributed by atoms with Gasteiger partial charge in [-0.25, -0.2) is 0 Å². The van der Waals surface area contributed by atoms with Gasteiger partial charge in [-0.15, -0.1) is 0 Å². The van der Waals surface area contributed by atoms with Crippen LogP contribution in [-0.4, -0.2) is 0 Å². The highest BCUT2D eigenvalue weighted by molar-refractivity contribution is 6.03. The van der Waals surface area contributed by atoms with Gasteiger partial charge in [-0.1, -0.05) is 365 Å². The molecule has 0 saturated heterocycles. The zero-order valence-corrected chi connectivity index (χ0v) is 69.1. The lowest BCUT2D eigenvalue weighted by Crippen LogP contribution is -2.28. The molecule has 7 aliphatic carbocycles. The number of fused-ring (bicyclic) bond motifs is 27. The minimum absolute atomic E-state index is 0.0936. The van der Waals surface area contributed by atoms with Gasteiger partial charge in [0, 0.05) is 50.2 Å². The third kappa shape index (κ3) is 9.79. The molecule has 0 aromatic heterocycles. The van der Waals surface area contributed by atoms with Crippen LogP contribution in [-0.2, 0) is 45.3 Å². The molecule has 0 fully saturated rings. The Labute approximate surface area is 705 Å². The first-order valence-electron chi connectivity index (χ1n) is 43.0. The first-order valence-corrected chi connectivity index (χ1v) is 43.0. The molecule has 17 aromatic carbocycles. The minimum Gasteiger partial charge on any atom is -0.310 e. The van der Waals surface area contributed by atoms with Crippen LogP contribution < -0.4 is 9.80 Å². The van der Waals surface area contributed by atoms with Gasteiger partial charge in [0.1, 0.15) is 0 Å². The average Bonchev–Trinajstić information content (AvgIpc) is 1.51. The molecule has 0 amide bonds. The zero-order chi connectivity index (χ0) is 80.5. The summed E-state index contributed by atoms with van der Waals surface area (Å²) in [5, 5.41) is 0. The van der Waals surface area contributed by atoms with E-state index in [2.05, 4.69) is 441 Å². The van der Waals surface area contributed by atoms with Crippen LogP contribution in [0.2, 0.25) is 0 Å². The molecule has 3 unspecified atom stereocenters. The highest BCUT2D eigenvalue weighted by Gasteiger charge is 2.55. The zero-order valence-electron chi connectivity index (χ0n) is 69.1. The topological polar surface area (TPSA) is 6.48 Å². The van der Waals surface area contributed by atoms with Crippen LogP contribution in [0.15, 0.2) is 376 Å². The van der Waals surface area contributed by atoms with Crippen molar-refractivity contribution < 1.29 is 0 Å². The van der Waals surface area contributed by atoms with Gasteiger partial charge in [-0.2, -0.15) is 0 Å². The molecule has 0 saturated carbocycles. The van der Waals surface area contributed by atoms with Gasteiger partial charge in [-0.3, -0.25) is 0 Å². The number of benzene rings is 17. The van der Waals surface area contributed by atoms with E-state index in [0.717, 1.165) is 47.0 Å². The van der Waals surface area contributed by atoms with Crippen molar-refractivity contribution in [2.24, 2.45) is 0 Å². The van der Waals surface area contributed by atoms with E-state index < -0.39 is 10.8 Å². The first kappa shape index (κ1) is 70.5. The van der Waals surface area contributed by atoms with Crippen molar-refractivity contribution >= 4 is 34.1 Å². The van der Waals surface area contributed by atoms with Crippen molar-refractivity contribution in [3.63, 3.8) is 0 Å². The fourth-order valence-electron chi connectivity index (χ4n) is 23.4. The van der Waals surface area contributed by atoms with E-state index in [4.69, 9.17) is 0 Å². The second-order valence-corrected chi connectivity index (χ2v) is 37.3. The summed E-state index contributed by atoms with van der Waals surface area (Å²) in [6.07, 6.45) is 1.87. The summed E-state index contributed by atoms with van der Waals surface area (Å²) in [7, 11) is 0. The highest BCUT2D eigenvalue weighted by atomic mass is 15.2. The molecule has 0 N–H and O–H groups in total. The maximum Gasteiger partial charge on any atom is 0.0726 e. The average molecular weight is 1540 g/mol. The largest absolute Gasteiger partial charge is 0.310 e. The van der Waals surface area contributed by atoms with E-state index in [1.54, 1.807) is 0 Å². The number of hydrogen-bond acceptors (Lipinski definition) is 2. The van der Waals surface area contributed by atoms with Crippen LogP contribution in [0.25, 0.3) is 100 Å². The summed E-state index contributed by atoms with van der Waals surface area (Å²) in [5.41, 5.74) is 49.6. The van der Waals surface area contributed by atoms with E-state index in [1.807, 2.05) is 0 Å².